The van der Waals surface area contributed by atoms with Crippen LogP contribution in [0.4, 0.5) is 8.78 Å². The fraction of sp³-hybridized carbons (Fsp3) is 0.562. The molecule has 0 amide bonds. The number of aliphatic carboxylic acids is 1. The smallest absolute Gasteiger partial charge is 0.307 e. The average molecular weight is 282 g/mol. The number of carbonyl (C=O) groups is 1. The zero-order valence-corrected chi connectivity index (χ0v) is 12.0. The maximum Gasteiger partial charge on any atom is 0.307 e. The van der Waals surface area contributed by atoms with E-state index < -0.39 is 29.4 Å². The Labute approximate surface area is 117 Å². The summed E-state index contributed by atoms with van der Waals surface area (Å²) in [6.07, 6.45) is 1.70. The van der Waals surface area contributed by atoms with Crippen molar-refractivity contribution in [2.45, 2.75) is 46.0 Å². The molecule has 1 aromatic carbocycles. The Balaban J connectivity index is 2.51. The molecule has 4 heteroatoms. The molecule has 0 aliphatic heterocycles. The van der Waals surface area contributed by atoms with Crippen molar-refractivity contribution in [1.29, 1.82) is 0 Å². The molecule has 1 aromatic rings. The van der Waals surface area contributed by atoms with Gasteiger partial charge >= 0.3 is 5.97 Å². The van der Waals surface area contributed by atoms with Crippen molar-refractivity contribution in [2.75, 3.05) is 0 Å². The van der Waals surface area contributed by atoms with Gasteiger partial charge in [0.15, 0.2) is 0 Å². The summed E-state index contributed by atoms with van der Waals surface area (Å²) in [5.74, 6) is -3.52. The van der Waals surface area contributed by atoms with E-state index in [0.717, 1.165) is 6.42 Å². The van der Waals surface area contributed by atoms with Crippen LogP contribution >= 0.6 is 0 Å². The molecule has 110 valence electrons. The van der Waals surface area contributed by atoms with E-state index in [1.165, 1.54) is 12.1 Å². The molecule has 0 spiro atoms. The van der Waals surface area contributed by atoms with Gasteiger partial charge in [-0.1, -0.05) is 19.9 Å². The number of carboxylic acids is 1. The van der Waals surface area contributed by atoms with Crippen LogP contribution in [0, 0.1) is 29.9 Å². The fourth-order valence-corrected chi connectivity index (χ4v) is 3.20. The summed E-state index contributed by atoms with van der Waals surface area (Å²) in [7, 11) is 0. The van der Waals surface area contributed by atoms with Gasteiger partial charge in [-0.15, -0.1) is 0 Å². The first-order valence-electron chi connectivity index (χ1n) is 6.90. The van der Waals surface area contributed by atoms with Crippen molar-refractivity contribution < 1.29 is 18.7 Å². The van der Waals surface area contributed by atoms with Crippen LogP contribution in [-0.2, 0) is 4.79 Å². The zero-order valence-electron chi connectivity index (χ0n) is 12.0. The van der Waals surface area contributed by atoms with Crippen molar-refractivity contribution in [3.63, 3.8) is 0 Å². The number of halogens is 2. The van der Waals surface area contributed by atoms with E-state index in [1.54, 1.807) is 6.92 Å². The molecule has 0 heterocycles. The van der Waals surface area contributed by atoms with Crippen LogP contribution in [0.2, 0.25) is 0 Å². The molecule has 0 aromatic heterocycles. The second-order valence-corrected chi connectivity index (χ2v) is 6.55. The molecule has 1 fully saturated rings. The van der Waals surface area contributed by atoms with Gasteiger partial charge in [-0.2, -0.15) is 0 Å². The Morgan fingerprint density at radius 1 is 1.35 bits per heavy atom. The summed E-state index contributed by atoms with van der Waals surface area (Å²) in [6, 6.07) is 2.62. The lowest BCUT2D eigenvalue weighted by atomic mass is 9.65. The summed E-state index contributed by atoms with van der Waals surface area (Å²) in [5.41, 5.74) is 0.207. The minimum atomic E-state index is -0.967. The quantitative estimate of drug-likeness (QED) is 0.879. The maximum absolute atomic E-state index is 14.3. The van der Waals surface area contributed by atoms with Gasteiger partial charge in [-0.05, 0) is 43.2 Å². The Morgan fingerprint density at radius 3 is 2.60 bits per heavy atom. The van der Waals surface area contributed by atoms with Gasteiger partial charge in [0.05, 0.1) is 5.92 Å². The second kappa shape index (κ2) is 5.15. The molecule has 0 radical (unpaired) electrons. The monoisotopic (exact) mass is 282 g/mol. The van der Waals surface area contributed by atoms with Crippen molar-refractivity contribution in [1.82, 2.24) is 0 Å². The highest BCUT2D eigenvalue weighted by molar-refractivity contribution is 5.71. The molecule has 2 unspecified atom stereocenters. The first-order chi connectivity index (χ1) is 9.23. The lowest BCUT2D eigenvalue weighted by Crippen LogP contribution is -2.34. The van der Waals surface area contributed by atoms with Crippen LogP contribution in [0.3, 0.4) is 0 Å². The minimum absolute atomic E-state index is 0.0508. The predicted octanol–water partition coefficient (Wildman–Crippen LogP) is 4.27. The third-order valence-corrected chi connectivity index (χ3v) is 4.40. The molecule has 0 saturated heterocycles. The average Bonchev–Trinajstić information content (AvgIpc) is 2.33. The summed E-state index contributed by atoms with van der Waals surface area (Å²) in [4.78, 5) is 11.4. The summed E-state index contributed by atoms with van der Waals surface area (Å²) in [6.45, 7) is 5.61. The molecular weight excluding hydrogens is 262 g/mol. The number of rotatable bonds is 2. The van der Waals surface area contributed by atoms with Gasteiger partial charge < -0.3 is 5.11 Å². The van der Waals surface area contributed by atoms with Gasteiger partial charge in [0.1, 0.15) is 11.6 Å². The van der Waals surface area contributed by atoms with E-state index in [4.69, 9.17) is 0 Å². The third kappa shape index (κ3) is 2.69. The van der Waals surface area contributed by atoms with E-state index >= 15 is 0 Å². The van der Waals surface area contributed by atoms with E-state index in [0.29, 0.717) is 18.4 Å². The highest BCUT2D eigenvalue weighted by atomic mass is 19.1. The molecule has 1 saturated carbocycles. The first-order valence-corrected chi connectivity index (χ1v) is 6.90. The first kappa shape index (κ1) is 14.9. The predicted molar refractivity (Wildman–Crippen MR) is 72.6 cm³/mol. The lowest BCUT2D eigenvalue weighted by molar-refractivity contribution is -0.144. The van der Waals surface area contributed by atoms with Gasteiger partial charge in [-0.25, -0.2) is 8.78 Å². The van der Waals surface area contributed by atoms with Crippen molar-refractivity contribution in [3.05, 3.63) is 34.9 Å². The summed E-state index contributed by atoms with van der Waals surface area (Å²) < 4.78 is 28.4. The molecular formula is C16H20F2O2. The normalized spacial score (nSPS) is 25.4. The van der Waals surface area contributed by atoms with Crippen LogP contribution < -0.4 is 0 Å². The van der Waals surface area contributed by atoms with Crippen LogP contribution in [0.5, 0.6) is 0 Å². The van der Waals surface area contributed by atoms with E-state index in [1.807, 2.05) is 13.8 Å². The topological polar surface area (TPSA) is 37.3 Å². The number of aryl methyl sites for hydroxylation is 1. The standard InChI is InChI=1S/C16H20F2O2/c1-9-4-5-12(17)13(14(9)18)11-8-16(2,3)7-6-10(11)15(19)20/h4-5,10-11H,6-8H2,1-3H3,(H,19,20). The Bertz CT molecular complexity index is 538. The van der Waals surface area contributed by atoms with E-state index in [9.17, 15) is 18.7 Å². The van der Waals surface area contributed by atoms with Gasteiger partial charge in [0, 0.05) is 11.5 Å². The lowest BCUT2D eigenvalue weighted by Gasteiger charge is -2.39. The molecule has 2 atom stereocenters. The molecule has 1 aliphatic rings. The van der Waals surface area contributed by atoms with Crippen molar-refractivity contribution in [2.24, 2.45) is 11.3 Å². The van der Waals surface area contributed by atoms with Gasteiger partial charge in [0.25, 0.3) is 0 Å². The van der Waals surface area contributed by atoms with Crippen molar-refractivity contribution in [3.8, 4) is 0 Å². The van der Waals surface area contributed by atoms with Gasteiger partial charge in [-0.3, -0.25) is 4.79 Å². The third-order valence-electron chi connectivity index (χ3n) is 4.40. The molecule has 0 bridgehead atoms. The van der Waals surface area contributed by atoms with Gasteiger partial charge in [0.2, 0.25) is 0 Å². The molecule has 1 aliphatic carbocycles. The number of hydrogen-bond acceptors (Lipinski definition) is 1. The van der Waals surface area contributed by atoms with Crippen LogP contribution in [0.15, 0.2) is 12.1 Å². The van der Waals surface area contributed by atoms with E-state index in [2.05, 4.69) is 0 Å². The molecule has 1 N–H and O–H groups in total. The van der Waals surface area contributed by atoms with Crippen LogP contribution in [0.1, 0.15) is 50.2 Å². The van der Waals surface area contributed by atoms with Crippen LogP contribution in [0.25, 0.3) is 0 Å². The number of benzene rings is 1. The maximum atomic E-state index is 14.3. The second-order valence-electron chi connectivity index (χ2n) is 6.55. The SMILES string of the molecule is Cc1ccc(F)c(C2CC(C)(C)CCC2C(=O)O)c1F. The number of hydrogen-bond donors (Lipinski definition) is 1. The highest BCUT2D eigenvalue weighted by Gasteiger charge is 2.41. The van der Waals surface area contributed by atoms with Crippen molar-refractivity contribution >= 4 is 5.97 Å². The summed E-state index contributed by atoms with van der Waals surface area (Å²) >= 11 is 0. The molecule has 20 heavy (non-hydrogen) atoms. The molecule has 2 rings (SSSR count). The minimum Gasteiger partial charge on any atom is -0.481 e. The molecule has 2 nitrogen and oxygen atoms in total. The van der Waals surface area contributed by atoms with E-state index in [-0.39, 0.29) is 11.0 Å². The van der Waals surface area contributed by atoms with Crippen LogP contribution in [-0.4, -0.2) is 11.1 Å². The number of carboxylic acid groups (broad SMARTS) is 1. The highest BCUT2D eigenvalue weighted by Crippen LogP contribution is 2.48. The zero-order chi connectivity index (χ0) is 15.1. The summed E-state index contributed by atoms with van der Waals surface area (Å²) in [5, 5.41) is 9.35. The Hall–Kier alpha value is -1.45. The largest absolute Gasteiger partial charge is 0.481 e. The Morgan fingerprint density at radius 2 is 2.00 bits per heavy atom. The fourth-order valence-electron chi connectivity index (χ4n) is 3.20. The Kier molecular flexibility index (Phi) is 3.85.